The van der Waals surface area contributed by atoms with E-state index < -0.39 is 12.0 Å². The Bertz CT molecular complexity index is 1220. The van der Waals surface area contributed by atoms with Crippen LogP contribution in [0.5, 0.6) is 0 Å². The quantitative estimate of drug-likeness (QED) is 0.626. The number of H-pyrrole nitrogens is 1. The third kappa shape index (κ3) is 3.70. The molecule has 0 spiro atoms. The number of nitriles is 1. The summed E-state index contributed by atoms with van der Waals surface area (Å²) < 4.78 is 0. The second-order valence-electron chi connectivity index (χ2n) is 8.48. The van der Waals surface area contributed by atoms with Crippen LogP contribution in [0.25, 0.3) is 10.9 Å². The Morgan fingerprint density at radius 3 is 2.72 bits per heavy atom. The van der Waals surface area contributed by atoms with Crippen molar-refractivity contribution < 1.29 is 9.90 Å². The normalized spacial score (nSPS) is 17.7. The molecule has 1 fully saturated rings. The summed E-state index contributed by atoms with van der Waals surface area (Å²) in [6, 6.07) is 9.01. The van der Waals surface area contributed by atoms with E-state index in [4.69, 9.17) is 16.6 Å². The molecule has 3 heterocycles. The number of carboxylic acid groups (broad SMARTS) is 1. The molecule has 5 rings (SSSR count). The van der Waals surface area contributed by atoms with E-state index in [-0.39, 0.29) is 0 Å². The first kappa shape index (κ1) is 20.8. The highest BCUT2D eigenvalue weighted by atomic mass is 35.5. The number of aromatic nitrogens is 2. The summed E-state index contributed by atoms with van der Waals surface area (Å²) >= 11 is 6.17. The predicted molar refractivity (Wildman–Crippen MR) is 123 cm³/mol. The van der Waals surface area contributed by atoms with Crippen LogP contribution in [-0.4, -0.2) is 52.1 Å². The predicted octanol–water partition coefficient (Wildman–Crippen LogP) is 3.91. The van der Waals surface area contributed by atoms with Crippen LogP contribution in [0.15, 0.2) is 30.5 Å². The average Bonchev–Trinajstić information content (AvgIpc) is 3.21. The van der Waals surface area contributed by atoms with Gasteiger partial charge in [0.1, 0.15) is 17.9 Å². The van der Waals surface area contributed by atoms with Crippen molar-refractivity contribution in [3.8, 4) is 6.07 Å². The Morgan fingerprint density at radius 1 is 1.19 bits per heavy atom. The number of aryl methyl sites for hydroxylation is 2. The van der Waals surface area contributed by atoms with Gasteiger partial charge in [0.05, 0.1) is 5.56 Å². The molecule has 2 N–H and O–H groups in total. The third-order valence-corrected chi connectivity index (χ3v) is 6.82. The largest absolute Gasteiger partial charge is 0.480 e. The van der Waals surface area contributed by atoms with Crippen molar-refractivity contribution in [3.05, 3.63) is 57.9 Å². The van der Waals surface area contributed by atoms with E-state index in [1.165, 1.54) is 5.56 Å². The lowest BCUT2D eigenvalue weighted by Gasteiger charge is -2.38. The maximum Gasteiger partial charge on any atom is 0.325 e. The minimum atomic E-state index is -0.885. The van der Waals surface area contributed by atoms with Crippen LogP contribution in [0.2, 0.25) is 5.02 Å². The van der Waals surface area contributed by atoms with Crippen LogP contribution < -0.4 is 4.90 Å². The van der Waals surface area contributed by atoms with Crippen molar-refractivity contribution in [2.24, 2.45) is 0 Å². The molecule has 0 saturated carbocycles. The van der Waals surface area contributed by atoms with Gasteiger partial charge >= 0.3 is 5.97 Å². The molecule has 8 heteroatoms. The number of hydrogen-bond donors (Lipinski definition) is 2. The van der Waals surface area contributed by atoms with E-state index >= 15 is 0 Å². The maximum absolute atomic E-state index is 12.3. The monoisotopic (exact) mass is 449 g/mol. The molecule has 3 aromatic rings. The van der Waals surface area contributed by atoms with E-state index in [9.17, 15) is 15.2 Å². The molecular formula is C24H24ClN5O2. The topological polar surface area (TPSA) is 96.2 Å². The zero-order valence-corrected chi connectivity index (χ0v) is 18.4. The standard InChI is InChI=1S/C24H24ClN5O2/c25-17-5-6-21-18(12-17)19(14-27-21)22(24(31)32)29-7-9-30(10-8-29)23-16(13-26)11-15-3-1-2-4-20(15)28-23/h5-6,11-12,14,22,27H,1-4,7-10H2,(H,31,32)/t22-/m0/s1. The zero-order chi connectivity index (χ0) is 22.2. The molecular weight excluding hydrogens is 426 g/mol. The molecule has 7 nitrogen and oxygen atoms in total. The van der Waals surface area contributed by atoms with Gasteiger partial charge in [0.25, 0.3) is 0 Å². The van der Waals surface area contributed by atoms with Crippen LogP contribution in [0.3, 0.4) is 0 Å². The highest BCUT2D eigenvalue weighted by molar-refractivity contribution is 6.31. The average molecular weight is 450 g/mol. The maximum atomic E-state index is 12.3. The van der Waals surface area contributed by atoms with Crippen LogP contribution in [0, 0.1) is 11.3 Å². The van der Waals surface area contributed by atoms with Gasteiger partial charge in [-0.1, -0.05) is 11.6 Å². The molecule has 0 bridgehead atoms. The number of fused-ring (bicyclic) bond motifs is 2. The zero-order valence-electron chi connectivity index (χ0n) is 17.6. The van der Waals surface area contributed by atoms with Crippen molar-refractivity contribution >= 4 is 34.3 Å². The van der Waals surface area contributed by atoms with Gasteiger partial charge in [-0.3, -0.25) is 9.69 Å². The summed E-state index contributed by atoms with van der Waals surface area (Å²) in [5.41, 5.74) is 4.49. The highest BCUT2D eigenvalue weighted by Crippen LogP contribution is 2.32. The fourth-order valence-electron chi connectivity index (χ4n) is 4.96. The number of carbonyl (C=O) groups is 1. The first-order valence-corrected chi connectivity index (χ1v) is 11.3. The van der Waals surface area contributed by atoms with Crippen molar-refractivity contribution in [1.82, 2.24) is 14.9 Å². The van der Waals surface area contributed by atoms with Gasteiger partial charge in [-0.15, -0.1) is 0 Å². The van der Waals surface area contributed by atoms with E-state index in [0.29, 0.717) is 42.3 Å². The summed E-state index contributed by atoms with van der Waals surface area (Å²) in [5.74, 6) is -0.150. The Hall–Kier alpha value is -3.08. The Morgan fingerprint density at radius 2 is 1.97 bits per heavy atom. The SMILES string of the molecule is N#Cc1cc2c(nc1N1CCN([C@H](C(=O)O)c3c[nH]c4ccc(Cl)cc34)CC1)CCCC2. The number of aromatic amines is 1. The number of rotatable bonds is 4. The van der Waals surface area contributed by atoms with Gasteiger partial charge < -0.3 is 15.0 Å². The number of halogens is 1. The summed E-state index contributed by atoms with van der Waals surface area (Å²) in [7, 11) is 0. The number of piperazine rings is 1. The molecule has 0 amide bonds. The fraction of sp³-hybridized carbons (Fsp3) is 0.375. The molecule has 2 aromatic heterocycles. The van der Waals surface area contributed by atoms with Crippen LogP contribution in [0.4, 0.5) is 5.82 Å². The summed E-state index contributed by atoms with van der Waals surface area (Å²) in [6.45, 7) is 2.36. The Balaban J connectivity index is 1.39. The van der Waals surface area contributed by atoms with Crippen molar-refractivity contribution in [2.45, 2.75) is 31.7 Å². The molecule has 1 aromatic carbocycles. The number of carboxylic acids is 1. The number of nitrogens with zero attached hydrogens (tertiary/aromatic N) is 4. The van der Waals surface area contributed by atoms with Crippen LogP contribution >= 0.6 is 11.6 Å². The molecule has 1 aliphatic heterocycles. The third-order valence-electron chi connectivity index (χ3n) is 6.58. The lowest BCUT2D eigenvalue weighted by Crippen LogP contribution is -2.49. The first-order chi connectivity index (χ1) is 15.5. The van der Waals surface area contributed by atoms with E-state index in [1.807, 2.05) is 23.1 Å². The molecule has 1 atom stereocenters. The minimum Gasteiger partial charge on any atom is -0.480 e. The lowest BCUT2D eigenvalue weighted by atomic mass is 9.94. The van der Waals surface area contributed by atoms with E-state index in [2.05, 4.69) is 16.0 Å². The number of nitrogens with one attached hydrogen (secondary N) is 1. The summed E-state index contributed by atoms with van der Waals surface area (Å²) in [6.07, 6.45) is 5.99. The number of hydrogen-bond acceptors (Lipinski definition) is 5. The van der Waals surface area contributed by atoms with Crippen molar-refractivity contribution in [1.29, 1.82) is 5.26 Å². The summed E-state index contributed by atoms with van der Waals surface area (Å²) in [4.78, 5) is 24.4. The Labute approximate surface area is 191 Å². The lowest BCUT2D eigenvalue weighted by molar-refractivity contribution is -0.143. The van der Waals surface area contributed by atoms with Crippen molar-refractivity contribution in [2.75, 3.05) is 31.1 Å². The van der Waals surface area contributed by atoms with Gasteiger partial charge in [0.15, 0.2) is 0 Å². The Kier molecular flexibility index (Phi) is 5.50. The molecule has 32 heavy (non-hydrogen) atoms. The van der Waals surface area contributed by atoms with Crippen molar-refractivity contribution in [3.63, 3.8) is 0 Å². The molecule has 164 valence electrons. The number of pyridine rings is 1. The highest BCUT2D eigenvalue weighted by Gasteiger charge is 2.33. The molecule has 0 unspecified atom stereocenters. The minimum absolute atomic E-state index is 0.563. The van der Waals surface area contributed by atoms with E-state index in [0.717, 1.165) is 48.1 Å². The van der Waals surface area contributed by atoms with E-state index in [1.54, 1.807) is 12.3 Å². The van der Waals surface area contributed by atoms with Gasteiger partial charge in [-0.2, -0.15) is 5.26 Å². The van der Waals surface area contributed by atoms with Crippen LogP contribution in [-0.2, 0) is 17.6 Å². The summed E-state index contributed by atoms with van der Waals surface area (Å²) in [5, 5.41) is 21.2. The fourth-order valence-corrected chi connectivity index (χ4v) is 5.14. The molecule has 1 aliphatic carbocycles. The number of anilines is 1. The number of benzene rings is 1. The molecule has 0 radical (unpaired) electrons. The van der Waals surface area contributed by atoms with Crippen LogP contribution in [0.1, 0.15) is 41.3 Å². The van der Waals surface area contributed by atoms with Gasteiger partial charge in [-0.05, 0) is 55.5 Å². The first-order valence-electron chi connectivity index (χ1n) is 11.0. The van der Waals surface area contributed by atoms with Gasteiger partial charge in [0, 0.05) is 59.6 Å². The molecule has 1 saturated heterocycles. The second-order valence-corrected chi connectivity index (χ2v) is 8.92. The van der Waals surface area contributed by atoms with Gasteiger partial charge in [-0.25, -0.2) is 4.98 Å². The molecule has 2 aliphatic rings. The smallest absolute Gasteiger partial charge is 0.325 e. The van der Waals surface area contributed by atoms with Gasteiger partial charge in [0.2, 0.25) is 0 Å². The second kappa shape index (κ2) is 8.45. The number of aliphatic carboxylic acids is 1.